The normalized spacial score (nSPS) is 15.9. The van der Waals surface area contributed by atoms with Gasteiger partial charge in [-0.3, -0.25) is 4.79 Å². The van der Waals surface area contributed by atoms with Gasteiger partial charge in [0.05, 0.1) is 29.3 Å². The number of benzene rings is 1. The molecule has 0 fully saturated rings. The Morgan fingerprint density at radius 3 is 2.42 bits per heavy atom. The van der Waals surface area contributed by atoms with Gasteiger partial charge in [0, 0.05) is 10.0 Å². The fourth-order valence-electron chi connectivity index (χ4n) is 1.88. The molecular formula is C15H19BrF3NO3S. The Bertz CT molecular complexity index is 637. The van der Waals surface area contributed by atoms with Gasteiger partial charge >= 0.3 is 5.97 Å². The molecule has 2 atom stereocenters. The fourth-order valence-corrected chi connectivity index (χ4v) is 3.15. The van der Waals surface area contributed by atoms with Crippen molar-refractivity contribution in [2.45, 2.75) is 43.9 Å². The van der Waals surface area contributed by atoms with Crippen LogP contribution >= 0.6 is 15.9 Å². The van der Waals surface area contributed by atoms with Crippen molar-refractivity contribution in [3.8, 4) is 0 Å². The van der Waals surface area contributed by atoms with Crippen molar-refractivity contribution >= 4 is 32.9 Å². The highest BCUT2D eigenvalue weighted by atomic mass is 79.9. The predicted molar refractivity (Wildman–Crippen MR) is 89.4 cm³/mol. The van der Waals surface area contributed by atoms with E-state index in [4.69, 9.17) is 0 Å². The SMILES string of the molecule is COC(=O)CC(NS(=O)C(C)(C)C)(c1cc(Br)ccc1F)C(F)F. The van der Waals surface area contributed by atoms with E-state index in [1.807, 2.05) is 0 Å². The number of rotatable bonds is 6. The molecule has 0 bridgehead atoms. The molecule has 0 amide bonds. The number of methoxy groups -OCH3 is 1. The average Bonchev–Trinajstić information content (AvgIpc) is 2.47. The first kappa shape index (κ1) is 21.1. The minimum Gasteiger partial charge on any atom is -0.469 e. The first-order valence-electron chi connectivity index (χ1n) is 6.94. The predicted octanol–water partition coefficient (Wildman–Crippen LogP) is 3.66. The summed E-state index contributed by atoms with van der Waals surface area (Å²) in [5.74, 6) is -1.92. The van der Waals surface area contributed by atoms with Crippen LogP contribution in [0.3, 0.4) is 0 Å². The number of hydrogen-bond acceptors (Lipinski definition) is 3. The van der Waals surface area contributed by atoms with Gasteiger partial charge in [0.25, 0.3) is 6.43 Å². The minimum absolute atomic E-state index is 0.345. The second-order valence-electron chi connectivity index (χ2n) is 6.13. The molecule has 0 spiro atoms. The first-order chi connectivity index (χ1) is 10.9. The van der Waals surface area contributed by atoms with E-state index in [0.717, 1.165) is 19.2 Å². The van der Waals surface area contributed by atoms with Crippen LogP contribution in [0.15, 0.2) is 22.7 Å². The van der Waals surface area contributed by atoms with Gasteiger partial charge in [-0.2, -0.15) is 0 Å². The Morgan fingerprint density at radius 1 is 1.38 bits per heavy atom. The second-order valence-corrected chi connectivity index (χ2v) is 9.01. The lowest BCUT2D eigenvalue weighted by molar-refractivity contribution is -0.144. The van der Waals surface area contributed by atoms with E-state index < -0.39 is 51.5 Å². The van der Waals surface area contributed by atoms with Gasteiger partial charge in [0.15, 0.2) is 0 Å². The second kappa shape index (κ2) is 7.97. The smallest absolute Gasteiger partial charge is 0.307 e. The molecule has 0 saturated heterocycles. The highest BCUT2D eigenvalue weighted by molar-refractivity contribution is 9.10. The van der Waals surface area contributed by atoms with Crippen molar-refractivity contribution < 1.29 is 26.9 Å². The molecule has 0 saturated carbocycles. The summed E-state index contributed by atoms with van der Waals surface area (Å²) in [5, 5.41) is 0. The standard InChI is InChI=1S/C15H19BrF3NO3S/c1-14(2,3)24(22)20-15(13(18)19,8-12(21)23-4)10-7-9(16)5-6-11(10)17/h5-7,13,20H,8H2,1-4H3. The first-order valence-corrected chi connectivity index (χ1v) is 8.88. The van der Waals surface area contributed by atoms with Crippen molar-refractivity contribution in [2.24, 2.45) is 0 Å². The maximum atomic E-state index is 14.3. The highest BCUT2D eigenvalue weighted by Gasteiger charge is 2.48. The minimum atomic E-state index is -3.22. The molecule has 1 aromatic rings. The van der Waals surface area contributed by atoms with Crippen LogP contribution in [0.25, 0.3) is 0 Å². The topological polar surface area (TPSA) is 55.4 Å². The average molecular weight is 430 g/mol. The van der Waals surface area contributed by atoms with Gasteiger partial charge in [-0.05, 0) is 39.0 Å². The summed E-state index contributed by atoms with van der Waals surface area (Å²) in [6, 6.07) is 3.47. The van der Waals surface area contributed by atoms with E-state index in [2.05, 4.69) is 25.4 Å². The molecule has 0 aromatic heterocycles. The number of carbonyl (C=O) groups excluding carboxylic acids is 1. The summed E-state index contributed by atoms with van der Waals surface area (Å²) in [6.07, 6.45) is -4.09. The van der Waals surface area contributed by atoms with Gasteiger partial charge < -0.3 is 4.74 Å². The summed E-state index contributed by atoms with van der Waals surface area (Å²) in [4.78, 5) is 11.7. The van der Waals surface area contributed by atoms with E-state index in [1.165, 1.54) is 6.07 Å². The Balaban J connectivity index is 3.55. The van der Waals surface area contributed by atoms with E-state index in [-0.39, 0.29) is 0 Å². The number of ether oxygens (including phenoxy) is 1. The molecule has 1 N–H and O–H groups in total. The summed E-state index contributed by atoms with van der Waals surface area (Å²) >= 11 is 3.10. The van der Waals surface area contributed by atoms with Crippen LogP contribution in [0.5, 0.6) is 0 Å². The van der Waals surface area contributed by atoms with E-state index >= 15 is 0 Å². The zero-order chi connectivity index (χ0) is 18.7. The lowest BCUT2D eigenvalue weighted by Crippen LogP contribution is -2.54. The van der Waals surface area contributed by atoms with Crippen LogP contribution in [-0.4, -0.2) is 28.5 Å². The zero-order valence-corrected chi connectivity index (χ0v) is 16.1. The van der Waals surface area contributed by atoms with Gasteiger partial charge in [0.1, 0.15) is 11.4 Å². The molecule has 0 aliphatic rings. The van der Waals surface area contributed by atoms with E-state index in [0.29, 0.717) is 4.47 Å². The molecule has 9 heteroatoms. The number of hydrogen-bond donors (Lipinski definition) is 1. The molecular weight excluding hydrogens is 411 g/mol. The van der Waals surface area contributed by atoms with Crippen LogP contribution in [0.4, 0.5) is 13.2 Å². The van der Waals surface area contributed by atoms with E-state index in [1.54, 1.807) is 20.8 Å². The molecule has 136 valence electrons. The number of carbonyl (C=O) groups is 1. The summed E-state index contributed by atoms with van der Waals surface area (Å²) in [6.45, 7) is 4.71. The van der Waals surface area contributed by atoms with Crippen molar-refractivity contribution in [1.29, 1.82) is 0 Å². The van der Waals surface area contributed by atoms with Crippen LogP contribution in [0, 0.1) is 5.82 Å². The molecule has 0 aliphatic carbocycles. The zero-order valence-electron chi connectivity index (χ0n) is 13.7. The van der Waals surface area contributed by atoms with Crippen LogP contribution < -0.4 is 4.72 Å². The molecule has 2 unspecified atom stereocenters. The number of nitrogens with one attached hydrogen (secondary N) is 1. The molecule has 4 nitrogen and oxygen atoms in total. The molecule has 24 heavy (non-hydrogen) atoms. The van der Waals surface area contributed by atoms with Crippen LogP contribution in [-0.2, 0) is 26.1 Å². The third kappa shape index (κ3) is 4.80. The largest absolute Gasteiger partial charge is 0.469 e. The molecule has 1 aromatic carbocycles. The molecule has 1 rings (SSSR count). The fraction of sp³-hybridized carbons (Fsp3) is 0.533. The number of alkyl halides is 2. The van der Waals surface area contributed by atoms with Crippen LogP contribution in [0.2, 0.25) is 0 Å². The van der Waals surface area contributed by atoms with Gasteiger partial charge in [0.2, 0.25) is 0 Å². The van der Waals surface area contributed by atoms with Crippen molar-refractivity contribution in [3.63, 3.8) is 0 Å². The number of esters is 1. The summed E-state index contributed by atoms with van der Waals surface area (Å²) in [7, 11) is -0.943. The maximum absolute atomic E-state index is 14.3. The van der Waals surface area contributed by atoms with Crippen molar-refractivity contribution in [1.82, 2.24) is 4.72 Å². The van der Waals surface area contributed by atoms with Gasteiger partial charge in [-0.25, -0.2) is 22.1 Å². The highest BCUT2D eigenvalue weighted by Crippen LogP contribution is 2.37. The van der Waals surface area contributed by atoms with Gasteiger partial charge in [-0.1, -0.05) is 15.9 Å². The maximum Gasteiger partial charge on any atom is 0.307 e. The van der Waals surface area contributed by atoms with Crippen LogP contribution in [0.1, 0.15) is 32.8 Å². The molecule has 0 radical (unpaired) electrons. The summed E-state index contributed by atoms with van der Waals surface area (Å²) < 4.78 is 60.9. The Labute approximate surface area is 149 Å². The quantitative estimate of drug-likeness (QED) is 0.701. The monoisotopic (exact) mass is 429 g/mol. The summed E-state index contributed by atoms with van der Waals surface area (Å²) in [5.41, 5.74) is -2.95. The lowest BCUT2D eigenvalue weighted by Gasteiger charge is -2.35. The number of halogens is 4. The third-order valence-corrected chi connectivity index (χ3v) is 5.42. The molecule has 0 heterocycles. The molecule has 0 aliphatic heterocycles. The Hall–Kier alpha value is -0.930. The Morgan fingerprint density at radius 2 is 1.96 bits per heavy atom. The van der Waals surface area contributed by atoms with Crippen molar-refractivity contribution in [3.05, 3.63) is 34.1 Å². The van der Waals surface area contributed by atoms with E-state index in [9.17, 15) is 22.2 Å². The lowest BCUT2D eigenvalue weighted by atomic mass is 9.87. The Kier molecular flexibility index (Phi) is 7.01. The van der Waals surface area contributed by atoms with Gasteiger partial charge in [-0.15, -0.1) is 0 Å². The third-order valence-electron chi connectivity index (χ3n) is 3.26. The van der Waals surface area contributed by atoms with Crippen molar-refractivity contribution in [2.75, 3.05) is 7.11 Å².